The van der Waals surface area contributed by atoms with Crippen LogP contribution in [-0.4, -0.2) is 11.0 Å². The molecule has 0 aliphatic heterocycles. The third-order valence-electron chi connectivity index (χ3n) is 2.67. The van der Waals surface area contributed by atoms with E-state index in [0.29, 0.717) is 33.7 Å². The van der Waals surface area contributed by atoms with Gasteiger partial charge in [0.1, 0.15) is 11.6 Å². The number of ether oxygens (including phenoxy) is 1. The molecule has 0 atom stereocenters. The Morgan fingerprint density at radius 3 is 2.76 bits per heavy atom. The minimum absolute atomic E-state index is 0.345. The van der Waals surface area contributed by atoms with Crippen LogP contribution in [0.3, 0.4) is 0 Å². The highest BCUT2D eigenvalue weighted by Crippen LogP contribution is 2.27. The second-order valence-corrected chi connectivity index (χ2v) is 6.18. The Hall–Kier alpha value is -1.17. The average Bonchev–Trinajstić information content (AvgIpc) is 2.38. The number of pyridine rings is 1. The fourth-order valence-electron chi connectivity index (χ4n) is 1.67. The van der Waals surface area contributed by atoms with E-state index in [9.17, 15) is 4.39 Å². The maximum Gasteiger partial charge on any atom is 0.219 e. The molecule has 1 N–H and O–H groups in total. The van der Waals surface area contributed by atoms with Gasteiger partial charge in [0.05, 0.1) is 5.02 Å². The molecule has 1 aromatic carbocycles. The van der Waals surface area contributed by atoms with Crippen LogP contribution in [0, 0.1) is 5.82 Å². The van der Waals surface area contributed by atoms with Gasteiger partial charge in [-0.15, -0.1) is 0 Å². The molecule has 0 saturated carbocycles. The summed E-state index contributed by atoms with van der Waals surface area (Å²) in [6.45, 7) is 4.72. The van der Waals surface area contributed by atoms with E-state index in [1.54, 1.807) is 12.1 Å². The van der Waals surface area contributed by atoms with Crippen LogP contribution in [0.5, 0.6) is 11.6 Å². The largest absolute Gasteiger partial charge is 0.439 e. The molecule has 0 unspecified atom stereocenters. The molecule has 1 aromatic heterocycles. The fraction of sp³-hybridized carbons (Fsp3) is 0.267. The van der Waals surface area contributed by atoms with E-state index in [-0.39, 0.29) is 5.82 Å². The molecule has 2 rings (SSSR count). The zero-order valence-corrected chi connectivity index (χ0v) is 14.0. The van der Waals surface area contributed by atoms with E-state index in [4.69, 9.17) is 16.3 Å². The Morgan fingerprint density at radius 1 is 1.33 bits per heavy atom. The van der Waals surface area contributed by atoms with Crippen LogP contribution >= 0.6 is 27.5 Å². The lowest BCUT2D eigenvalue weighted by molar-refractivity contribution is 0.456. The van der Waals surface area contributed by atoms with Crippen LogP contribution in [0.15, 0.2) is 34.9 Å². The van der Waals surface area contributed by atoms with Crippen molar-refractivity contribution in [1.82, 2.24) is 10.3 Å². The first-order valence-electron chi connectivity index (χ1n) is 6.46. The lowest BCUT2D eigenvalue weighted by atomic mass is 10.2. The summed E-state index contributed by atoms with van der Waals surface area (Å²) in [7, 11) is 0. The molecule has 0 saturated heterocycles. The number of nitrogens with zero attached hydrogens (tertiary/aromatic N) is 1. The van der Waals surface area contributed by atoms with Crippen LogP contribution < -0.4 is 10.1 Å². The van der Waals surface area contributed by atoms with Gasteiger partial charge < -0.3 is 10.1 Å². The molecule has 0 radical (unpaired) electrons. The van der Waals surface area contributed by atoms with Crippen molar-refractivity contribution in [3.63, 3.8) is 0 Å². The summed E-state index contributed by atoms with van der Waals surface area (Å²) in [6.07, 6.45) is 1.53. The Morgan fingerprint density at radius 2 is 2.10 bits per heavy atom. The molecule has 21 heavy (non-hydrogen) atoms. The number of hydrogen-bond donors (Lipinski definition) is 1. The second kappa shape index (κ2) is 7.20. The molecule has 0 aliphatic carbocycles. The van der Waals surface area contributed by atoms with Gasteiger partial charge in [-0.1, -0.05) is 41.4 Å². The summed E-state index contributed by atoms with van der Waals surface area (Å²) in [5.41, 5.74) is 0.880. The number of hydrogen-bond acceptors (Lipinski definition) is 3. The standard InChI is InChI=1S/C15H15BrClFN2O/c1-9(2)19-7-10-3-15(20-8-14(10)17)21-13-5-11(16)4-12(18)6-13/h3-6,8-9,19H,7H2,1-2H3. The van der Waals surface area contributed by atoms with Crippen LogP contribution in [0.1, 0.15) is 19.4 Å². The molecular formula is C15H15BrClFN2O. The van der Waals surface area contributed by atoms with E-state index in [1.807, 2.05) is 0 Å². The first kappa shape index (κ1) is 16.2. The Bertz CT molecular complexity index is 617. The maximum absolute atomic E-state index is 13.3. The smallest absolute Gasteiger partial charge is 0.219 e. The summed E-state index contributed by atoms with van der Waals surface area (Å²) in [6, 6.07) is 6.42. The van der Waals surface area contributed by atoms with Gasteiger partial charge in [-0.3, -0.25) is 0 Å². The van der Waals surface area contributed by atoms with Crippen molar-refractivity contribution >= 4 is 27.5 Å². The summed E-state index contributed by atoms with van der Waals surface area (Å²) in [5, 5.41) is 3.84. The zero-order valence-electron chi connectivity index (χ0n) is 11.7. The van der Waals surface area contributed by atoms with Crippen molar-refractivity contribution in [2.45, 2.75) is 26.4 Å². The van der Waals surface area contributed by atoms with E-state index >= 15 is 0 Å². The van der Waals surface area contributed by atoms with E-state index < -0.39 is 0 Å². The third kappa shape index (κ3) is 4.95. The van der Waals surface area contributed by atoms with Crippen LogP contribution in [0.4, 0.5) is 4.39 Å². The molecule has 3 nitrogen and oxygen atoms in total. The monoisotopic (exact) mass is 372 g/mol. The third-order valence-corrected chi connectivity index (χ3v) is 3.47. The molecule has 0 spiro atoms. The molecule has 112 valence electrons. The number of benzene rings is 1. The van der Waals surface area contributed by atoms with Crippen molar-refractivity contribution < 1.29 is 9.13 Å². The van der Waals surface area contributed by atoms with Gasteiger partial charge in [-0.05, 0) is 17.7 Å². The normalized spacial score (nSPS) is 11.0. The van der Waals surface area contributed by atoms with Gasteiger partial charge >= 0.3 is 0 Å². The SMILES string of the molecule is CC(C)NCc1cc(Oc2cc(F)cc(Br)c2)ncc1Cl. The van der Waals surface area contributed by atoms with Crippen molar-refractivity contribution in [2.75, 3.05) is 0 Å². The minimum atomic E-state index is -0.380. The fourth-order valence-corrected chi connectivity index (χ4v) is 2.29. The molecule has 0 fully saturated rings. The Kier molecular flexibility index (Phi) is 5.56. The van der Waals surface area contributed by atoms with Crippen LogP contribution in [0.2, 0.25) is 5.02 Å². The van der Waals surface area contributed by atoms with Gasteiger partial charge in [0.15, 0.2) is 0 Å². The molecule has 6 heteroatoms. The first-order valence-corrected chi connectivity index (χ1v) is 7.63. The quantitative estimate of drug-likeness (QED) is 0.807. The highest BCUT2D eigenvalue weighted by atomic mass is 79.9. The van der Waals surface area contributed by atoms with Crippen LogP contribution in [-0.2, 0) is 6.54 Å². The molecule has 1 heterocycles. The molecule has 0 aliphatic rings. The second-order valence-electron chi connectivity index (χ2n) is 4.86. The Balaban J connectivity index is 2.18. The van der Waals surface area contributed by atoms with E-state index in [1.165, 1.54) is 18.3 Å². The summed E-state index contributed by atoms with van der Waals surface area (Å²) in [5.74, 6) is 0.368. The van der Waals surface area contributed by atoms with Crippen molar-refractivity contribution in [2.24, 2.45) is 0 Å². The number of aromatic nitrogens is 1. The van der Waals surface area contributed by atoms with Crippen molar-refractivity contribution in [3.8, 4) is 11.6 Å². The highest BCUT2D eigenvalue weighted by Gasteiger charge is 2.07. The lowest BCUT2D eigenvalue weighted by Gasteiger charge is -2.11. The van der Waals surface area contributed by atoms with E-state index in [2.05, 4.69) is 40.1 Å². The van der Waals surface area contributed by atoms with Gasteiger partial charge in [-0.2, -0.15) is 0 Å². The number of halogens is 3. The number of rotatable bonds is 5. The Labute approximate surface area is 136 Å². The van der Waals surface area contributed by atoms with Gasteiger partial charge in [0.25, 0.3) is 0 Å². The first-order chi connectivity index (χ1) is 9.94. The lowest BCUT2D eigenvalue weighted by Crippen LogP contribution is -2.22. The van der Waals surface area contributed by atoms with E-state index in [0.717, 1.165) is 5.56 Å². The van der Waals surface area contributed by atoms with Gasteiger partial charge in [0, 0.05) is 35.4 Å². The molecular weight excluding hydrogens is 359 g/mol. The minimum Gasteiger partial charge on any atom is -0.439 e. The summed E-state index contributed by atoms with van der Waals surface area (Å²) in [4.78, 5) is 4.10. The van der Waals surface area contributed by atoms with Crippen molar-refractivity contribution in [3.05, 3.63) is 51.3 Å². The van der Waals surface area contributed by atoms with Gasteiger partial charge in [0.2, 0.25) is 5.88 Å². The molecule has 2 aromatic rings. The number of nitrogens with one attached hydrogen (secondary N) is 1. The molecule has 0 bridgehead atoms. The summed E-state index contributed by atoms with van der Waals surface area (Å²) >= 11 is 9.33. The predicted molar refractivity (Wildman–Crippen MR) is 85.4 cm³/mol. The molecule has 0 amide bonds. The topological polar surface area (TPSA) is 34.1 Å². The summed E-state index contributed by atoms with van der Waals surface area (Å²) < 4.78 is 19.5. The zero-order chi connectivity index (χ0) is 15.4. The maximum atomic E-state index is 13.3. The van der Waals surface area contributed by atoms with Gasteiger partial charge in [-0.25, -0.2) is 9.37 Å². The van der Waals surface area contributed by atoms with Crippen LogP contribution in [0.25, 0.3) is 0 Å². The highest BCUT2D eigenvalue weighted by molar-refractivity contribution is 9.10. The predicted octanol–water partition coefficient (Wildman–Crippen LogP) is 4.93. The average molecular weight is 374 g/mol. The van der Waals surface area contributed by atoms with Crippen molar-refractivity contribution in [1.29, 1.82) is 0 Å².